The van der Waals surface area contributed by atoms with Crippen molar-refractivity contribution in [3.8, 4) is 0 Å². The van der Waals surface area contributed by atoms with Crippen molar-refractivity contribution in [1.82, 2.24) is 10.6 Å². The maximum atomic E-state index is 13.2. The molecule has 0 spiro atoms. The average Bonchev–Trinajstić information content (AvgIpc) is 2.28. The summed E-state index contributed by atoms with van der Waals surface area (Å²) in [5, 5.41) is 5.63. The number of rotatable bonds is 5. The molecule has 1 rings (SSSR count). The monoisotopic (exact) mass is 224 g/mol. The molecular weight excluding hydrogens is 207 g/mol. The molecular formula is C12H17FN2O. The summed E-state index contributed by atoms with van der Waals surface area (Å²) in [6, 6.07) is 6.43. The van der Waals surface area contributed by atoms with Crippen molar-refractivity contribution in [2.75, 3.05) is 13.6 Å². The summed E-state index contributed by atoms with van der Waals surface area (Å²) in [7, 11) is 1.79. The molecule has 1 atom stereocenters. The number of carbonyl (C=O) groups excluding carboxylic acids is 1. The molecule has 0 radical (unpaired) electrons. The van der Waals surface area contributed by atoms with E-state index < -0.39 is 0 Å². The summed E-state index contributed by atoms with van der Waals surface area (Å²) >= 11 is 0. The van der Waals surface area contributed by atoms with E-state index in [1.165, 1.54) is 6.07 Å². The summed E-state index contributed by atoms with van der Waals surface area (Å²) in [5.74, 6) is -0.474. The topological polar surface area (TPSA) is 41.1 Å². The summed E-state index contributed by atoms with van der Waals surface area (Å²) in [5.41, 5.74) is 0.507. The van der Waals surface area contributed by atoms with Gasteiger partial charge in [0, 0.05) is 24.6 Å². The predicted octanol–water partition coefficient (Wildman–Crippen LogP) is 1.30. The minimum Gasteiger partial charge on any atom is -0.352 e. The molecule has 16 heavy (non-hydrogen) atoms. The van der Waals surface area contributed by atoms with Crippen molar-refractivity contribution in [3.63, 3.8) is 0 Å². The summed E-state index contributed by atoms with van der Waals surface area (Å²) in [4.78, 5) is 11.5. The van der Waals surface area contributed by atoms with Crippen LogP contribution in [0, 0.1) is 11.7 Å². The van der Waals surface area contributed by atoms with Crippen LogP contribution in [-0.4, -0.2) is 19.5 Å². The molecule has 0 aliphatic heterocycles. The minimum atomic E-state index is -0.288. The van der Waals surface area contributed by atoms with E-state index in [1.54, 1.807) is 25.2 Å². The second-order valence-corrected chi connectivity index (χ2v) is 3.77. The average molecular weight is 224 g/mol. The lowest BCUT2D eigenvalue weighted by Crippen LogP contribution is -2.34. The zero-order valence-electron chi connectivity index (χ0n) is 9.59. The highest BCUT2D eigenvalue weighted by Gasteiger charge is 2.11. The maximum absolute atomic E-state index is 13.2. The zero-order valence-corrected chi connectivity index (χ0v) is 9.59. The Hall–Kier alpha value is -1.42. The number of benzene rings is 1. The van der Waals surface area contributed by atoms with Crippen LogP contribution in [0.4, 0.5) is 4.39 Å². The highest BCUT2D eigenvalue weighted by molar-refractivity contribution is 5.78. The second kappa shape index (κ2) is 6.23. The molecule has 0 fully saturated rings. The van der Waals surface area contributed by atoms with Crippen LogP contribution in [-0.2, 0) is 11.3 Å². The molecule has 0 bridgehead atoms. The van der Waals surface area contributed by atoms with Gasteiger partial charge >= 0.3 is 0 Å². The highest BCUT2D eigenvalue weighted by atomic mass is 19.1. The summed E-state index contributed by atoms with van der Waals surface area (Å²) < 4.78 is 13.2. The zero-order chi connectivity index (χ0) is 12.0. The Bertz CT molecular complexity index is 355. The molecule has 1 aromatic rings. The van der Waals surface area contributed by atoms with Gasteiger partial charge in [-0.15, -0.1) is 0 Å². The predicted molar refractivity (Wildman–Crippen MR) is 61.3 cm³/mol. The third kappa shape index (κ3) is 3.62. The molecule has 0 aromatic heterocycles. The fourth-order valence-electron chi connectivity index (χ4n) is 1.40. The molecule has 0 aliphatic carbocycles. The molecule has 3 nitrogen and oxygen atoms in total. The second-order valence-electron chi connectivity index (χ2n) is 3.77. The van der Waals surface area contributed by atoms with Gasteiger partial charge in [-0.05, 0) is 13.1 Å². The van der Waals surface area contributed by atoms with E-state index in [2.05, 4.69) is 10.6 Å². The van der Waals surface area contributed by atoms with Crippen LogP contribution in [0.15, 0.2) is 24.3 Å². The first kappa shape index (κ1) is 12.6. The van der Waals surface area contributed by atoms with Gasteiger partial charge in [0.05, 0.1) is 0 Å². The normalized spacial score (nSPS) is 12.2. The third-order valence-corrected chi connectivity index (χ3v) is 2.37. The largest absolute Gasteiger partial charge is 0.352 e. The van der Waals surface area contributed by atoms with E-state index in [0.717, 1.165) is 0 Å². The van der Waals surface area contributed by atoms with Gasteiger partial charge in [-0.25, -0.2) is 4.39 Å². The Kier molecular flexibility index (Phi) is 4.92. The number of halogens is 1. The van der Waals surface area contributed by atoms with E-state index in [1.807, 2.05) is 6.92 Å². The van der Waals surface area contributed by atoms with Crippen molar-refractivity contribution in [2.24, 2.45) is 5.92 Å². The van der Waals surface area contributed by atoms with Crippen molar-refractivity contribution in [1.29, 1.82) is 0 Å². The van der Waals surface area contributed by atoms with E-state index in [0.29, 0.717) is 12.1 Å². The number of hydrogen-bond donors (Lipinski definition) is 2. The quantitative estimate of drug-likeness (QED) is 0.791. The van der Waals surface area contributed by atoms with E-state index in [4.69, 9.17) is 0 Å². The van der Waals surface area contributed by atoms with Gasteiger partial charge in [0.15, 0.2) is 0 Å². The fraction of sp³-hybridized carbons (Fsp3) is 0.417. The van der Waals surface area contributed by atoms with Crippen LogP contribution in [0.1, 0.15) is 12.5 Å². The summed E-state index contributed by atoms with van der Waals surface area (Å²) in [6.45, 7) is 2.68. The van der Waals surface area contributed by atoms with Crippen molar-refractivity contribution in [2.45, 2.75) is 13.5 Å². The van der Waals surface area contributed by atoms with E-state index in [-0.39, 0.29) is 24.2 Å². The first-order valence-electron chi connectivity index (χ1n) is 5.31. The first-order chi connectivity index (χ1) is 7.65. The van der Waals surface area contributed by atoms with Crippen LogP contribution in [0.25, 0.3) is 0 Å². The number of amides is 1. The number of nitrogens with one attached hydrogen (secondary N) is 2. The van der Waals surface area contributed by atoms with Gasteiger partial charge in [0.1, 0.15) is 5.82 Å². The SMILES string of the molecule is CNCC(C)C(=O)NCc1ccccc1F. The van der Waals surface area contributed by atoms with E-state index in [9.17, 15) is 9.18 Å². The molecule has 0 aliphatic rings. The maximum Gasteiger partial charge on any atom is 0.224 e. The fourth-order valence-corrected chi connectivity index (χ4v) is 1.40. The molecule has 0 saturated carbocycles. The molecule has 0 saturated heterocycles. The highest BCUT2D eigenvalue weighted by Crippen LogP contribution is 2.05. The van der Waals surface area contributed by atoms with Gasteiger partial charge in [0.2, 0.25) is 5.91 Å². The molecule has 88 valence electrons. The molecule has 1 unspecified atom stereocenters. The van der Waals surface area contributed by atoms with Gasteiger partial charge < -0.3 is 10.6 Å². The lowest BCUT2D eigenvalue weighted by atomic mass is 10.1. The Balaban J connectivity index is 2.46. The third-order valence-electron chi connectivity index (χ3n) is 2.37. The number of hydrogen-bond acceptors (Lipinski definition) is 2. The van der Waals surface area contributed by atoms with Crippen LogP contribution in [0.2, 0.25) is 0 Å². The van der Waals surface area contributed by atoms with Gasteiger partial charge in [0.25, 0.3) is 0 Å². The van der Waals surface area contributed by atoms with Crippen molar-refractivity contribution >= 4 is 5.91 Å². The van der Waals surface area contributed by atoms with Crippen molar-refractivity contribution in [3.05, 3.63) is 35.6 Å². The minimum absolute atomic E-state index is 0.0717. The van der Waals surface area contributed by atoms with Crippen LogP contribution in [0.3, 0.4) is 0 Å². The standard InChI is InChI=1S/C12H17FN2O/c1-9(7-14-2)12(16)15-8-10-5-3-4-6-11(10)13/h3-6,9,14H,7-8H2,1-2H3,(H,15,16). The van der Waals surface area contributed by atoms with Gasteiger partial charge in [-0.1, -0.05) is 25.1 Å². The van der Waals surface area contributed by atoms with Crippen LogP contribution in [0.5, 0.6) is 0 Å². The Morgan fingerprint density at radius 1 is 1.44 bits per heavy atom. The van der Waals surface area contributed by atoms with E-state index >= 15 is 0 Å². The molecule has 1 aromatic carbocycles. The number of carbonyl (C=O) groups is 1. The summed E-state index contributed by atoms with van der Waals surface area (Å²) in [6.07, 6.45) is 0. The molecule has 1 amide bonds. The lowest BCUT2D eigenvalue weighted by Gasteiger charge is -2.11. The van der Waals surface area contributed by atoms with Crippen LogP contribution < -0.4 is 10.6 Å². The van der Waals surface area contributed by atoms with Crippen molar-refractivity contribution < 1.29 is 9.18 Å². The molecule has 2 N–H and O–H groups in total. The molecule has 0 heterocycles. The smallest absolute Gasteiger partial charge is 0.224 e. The Labute approximate surface area is 95.0 Å². The first-order valence-corrected chi connectivity index (χ1v) is 5.31. The Morgan fingerprint density at radius 2 is 2.12 bits per heavy atom. The van der Waals surface area contributed by atoms with Gasteiger partial charge in [-0.2, -0.15) is 0 Å². The van der Waals surface area contributed by atoms with Gasteiger partial charge in [-0.3, -0.25) is 4.79 Å². The van der Waals surface area contributed by atoms with Crippen LogP contribution >= 0.6 is 0 Å². The lowest BCUT2D eigenvalue weighted by molar-refractivity contribution is -0.124. The Morgan fingerprint density at radius 3 is 2.75 bits per heavy atom. The molecule has 4 heteroatoms.